The molecular weight excluding hydrogens is 346 g/mol. The smallest absolute Gasteiger partial charge is 0.238 e. The Bertz CT molecular complexity index is 806. The number of rotatable bonds is 6. The molecule has 0 spiro atoms. The summed E-state index contributed by atoms with van der Waals surface area (Å²) in [6.07, 6.45) is 0. The Kier molecular flexibility index (Phi) is 5.41. The van der Waals surface area contributed by atoms with Crippen molar-refractivity contribution in [3.8, 4) is 11.5 Å². The summed E-state index contributed by atoms with van der Waals surface area (Å²) in [6, 6.07) is 13.7. The van der Waals surface area contributed by atoms with Crippen LogP contribution in [0.3, 0.4) is 0 Å². The van der Waals surface area contributed by atoms with E-state index >= 15 is 0 Å². The van der Waals surface area contributed by atoms with Crippen molar-refractivity contribution in [2.45, 2.75) is 6.54 Å². The van der Waals surface area contributed by atoms with Crippen LogP contribution in [-0.2, 0) is 16.1 Å². The highest BCUT2D eigenvalue weighted by Crippen LogP contribution is 2.32. The number of hydrogen-bond donors (Lipinski definition) is 2. The Labute approximate surface area is 158 Å². The Balaban J connectivity index is 1.31. The maximum atomic E-state index is 12.4. The van der Waals surface area contributed by atoms with Crippen LogP contribution >= 0.6 is 0 Å². The van der Waals surface area contributed by atoms with Crippen LogP contribution in [0.5, 0.6) is 11.5 Å². The number of para-hydroxylation sites is 2. The van der Waals surface area contributed by atoms with Gasteiger partial charge in [0.15, 0.2) is 11.5 Å². The normalized spacial score (nSPS) is 15.6. The molecule has 0 saturated carbocycles. The topological polar surface area (TPSA) is 72.1 Å². The molecule has 0 aromatic heterocycles. The maximum Gasteiger partial charge on any atom is 0.238 e. The molecule has 2 aliphatic rings. The Morgan fingerprint density at radius 1 is 1.04 bits per heavy atom. The molecule has 1 amide bonds. The van der Waals surface area contributed by atoms with Gasteiger partial charge in [0, 0.05) is 19.6 Å². The van der Waals surface area contributed by atoms with Gasteiger partial charge in [-0.25, -0.2) is 0 Å². The summed E-state index contributed by atoms with van der Waals surface area (Å²) in [5.74, 6) is 1.44. The molecule has 1 saturated heterocycles. The number of ether oxygens (including phenoxy) is 3. The van der Waals surface area contributed by atoms with Gasteiger partial charge < -0.3 is 29.7 Å². The molecule has 0 bridgehead atoms. The maximum absolute atomic E-state index is 12.4. The molecule has 7 heteroatoms. The zero-order valence-corrected chi connectivity index (χ0v) is 15.1. The van der Waals surface area contributed by atoms with Crippen molar-refractivity contribution in [3.63, 3.8) is 0 Å². The van der Waals surface area contributed by atoms with Gasteiger partial charge in [0.1, 0.15) is 0 Å². The molecule has 1 fully saturated rings. The zero-order valence-electron chi connectivity index (χ0n) is 15.1. The van der Waals surface area contributed by atoms with Gasteiger partial charge in [-0.05, 0) is 29.8 Å². The van der Waals surface area contributed by atoms with Gasteiger partial charge in [0.05, 0.1) is 31.1 Å². The number of nitrogens with one attached hydrogen (secondary N) is 2. The van der Waals surface area contributed by atoms with Crippen LogP contribution in [0.25, 0.3) is 0 Å². The fourth-order valence-corrected chi connectivity index (χ4v) is 3.23. The third-order valence-electron chi connectivity index (χ3n) is 4.58. The summed E-state index contributed by atoms with van der Waals surface area (Å²) in [7, 11) is 0. The van der Waals surface area contributed by atoms with Gasteiger partial charge in [0.25, 0.3) is 0 Å². The SMILES string of the molecule is O=C(CNCc1ccc2c(c1)OCO2)Nc1ccccc1N1CCOCC1. The molecule has 7 nitrogen and oxygen atoms in total. The highest BCUT2D eigenvalue weighted by atomic mass is 16.7. The summed E-state index contributed by atoms with van der Waals surface area (Å²) in [5, 5.41) is 6.18. The van der Waals surface area contributed by atoms with E-state index in [4.69, 9.17) is 14.2 Å². The van der Waals surface area contributed by atoms with Gasteiger partial charge in [-0.3, -0.25) is 4.79 Å². The average molecular weight is 369 g/mol. The summed E-state index contributed by atoms with van der Waals surface area (Å²) in [6.45, 7) is 4.14. The van der Waals surface area contributed by atoms with Crippen molar-refractivity contribution in [2.24, 2.45) is 0 Å². The van der Waals surface area contributed by atoms with E-state index in [1.807, 2.05) is 42.5 Å². The first-order valence-electron chi connectivity index (χ1n) is 9.10. The van der Waals surface area contributed by atoms with E-state index in [1.54, 1.807) is 0 Å². The van der Waals surface area contributed by atoms with Crippen molar-refractivity contribution >= 4 is 17.3 Å². The predicted octanol–water partition coefficient (Wildman–Crippen LogP) is 1.98. The minimum Gasteiger partial charge on any atom is -0.454 e. The van der Waals surface area contributed by atoms with Crippen molar-refractivity contribution in [2.75, 3.05) is 49.9 Å². The molecule has 0 atom stereocenters. The second-order valence-corrected chi connectivity index (χ2v) is 6.46. The first kappa shape index (κ1) is 17.6. The molecule has 0 aliphatic carbocycles. The molecular formula is C20H23N3O4. The van der Waals surface area contributed by atoms with Gasteiger partial charge in [0.2, 0.25) is 12.7 Å². The number of hydrogen-bond acceptors (Lipinski definition) is 6. The summed E-state index contributed by atoms with van der Waals surface area (Å²) in [4.78, 5) is 14.6. The number of benzene rings is 2. The highest BCUT2D eigenvalue weighted by molar-refractivity contribution is 5.95. The molecule has 4 rings (SSSR count). The molecule has 2 aromatic rings. The van der Waals surface area contributed by atoms with Gasteiger partial charge in [-0.15, -0.1) is 0 Å². The van der Waals surface area contributed by atoms with E-state index in [0.717, 1.165) is 41.5 Å². The molecule has 27 heavy (non-hydrogen) atoms. The number of fused-ring (bicyclic) bond motifs is 1. The number of carbonyl (C=O) groups is 1. The van der Waals surface area contributed by atoms with Crippen LogP contribution in [0, 0.1) is 0 Å². The van der Waals surface area contributed by atoms with E-state index in [0.29, 0.717) is 19.8 Å². The minimum atomic E-state index is -0.0727. The third-order valence-corrected chi connectivity index (χ3v) is 4.58. The largest absolute Gasteiger partial charge is 0.454 e. The molecule has 0 unspecified atom stereocenters. The summed E-state index contributed by atoms with van der Waals surface area (Å²) < 4.78 is 16.1. The van der Waals surface area contributed by atoms with E-state index in [1.165, 1.54) is 0 Å². The highest BCUT2D eigenvalue weighted by Gasteiger charge is 2.16. The predicted molar refractivity (Wildman–Crippen MR) is 102 cm³/mol. The van der Waals surface area contributed by atoms with Crippen molar-refractivity contribution in [3.05, 3.63) is 48.0 Å². The van der Waals surface area contributed by atoms with Crippen LogP contribution in [0.1, 0.15) is 5.56 Å². The number of morpholine rings is 1. The Morgan fingerprint density at radius 2 is 1.85 bits per heavy atom. The molecule has 0 radical (unpaired) electrons. The van der Waals surface area contributed by atoms with Crippen molar-refractivity contribution in [1.29, 1.82) is 0 Å². The number of anilines is 2. The van der Waals surface area contributed by atoms with Gasteiger partial charge in [-0.2, -0.15) is 0 Å². The lowest BCUT2D eigenvalue weighted by Crippen LogP contribution is -2.37. The fraction of sp³-hybridized carbons (Fsp3) is 0.350. The lowest BCUT2D eigenvalue weighted by molar-refractivity contribution is -0.115. The van der Waals surface area contributed by atoms with Crippen LogP contribution in [0.2, 0.25) is 0 Å². The molecule has 2 N–H and O–H groups in total. The van der Waals surface area contributed by atoms with Crippen LogP contribution in [0.15, 0.2) is 42.5 Å². The second kappa shape index (κ2) is 8.28. The van der Waals surface area contributed by atoms with Crippen molar-refractivity contribution in [1.82, 2.24) is 5.32 Å². The molecule has 2 heterocycles. The van der Waals surface area contributed by atoms with E-state index in [-0.39, 0.29) is 19.2 Å². The van der Waals surface area contributed by atoms with E-state index in [2.05, 4.69) is 15.5 Å². The average Bonchev–Trinajstić information content (AvgIpc) is 3.17. The Hall–Kier alpha value is -2.77. The zero-order chi connectivity index (χ0) is 18.5. The standard InChI is InChI=1S/C20H23N3O4/c24-20(13-21-12-15-5-6-18-19(11-15)27-14-26-18)22-16-3-1-2-4-17(16)23-7-9-25-10-8-23/h1-6,11,21H,7-10,12-14H2,(H,22,24). The van der Waals surface area contributed by atoms with E-state index < -0.39 is 0 Å². The fourth-order valence-electron chi connectivity index (χ4n) is 3.23. The quantitative estimate of drug-likeness (QED) is 0.811. The monoisotopic (exact) mass is 369 g/mol. The first-order chi connectivity index (χ1) is 13.3. The minimum absolute atomic E-state index is 0.0727. The van der Waals surface area contributed by atoms with Gasteiger partial charge >= 0.3 is 0 Å². The van der Waals surface area contributed by atoms with Crippen molar-refractivity contribution < 1.29 is 19.0 Å². The molecule has 2 aliphatic heterocycles. The first-order valence-corrected chi connectivity index (χ1v) is 9.10. The van der Waals surface area contributed by atoms with Gasteiger partial charge in [-0.1, -0.05) is 18.2 Å². The van der Waals surface area contributed by atoms with Crippen LogP contribution < -0.4 is 25.0 Å². The number of nitrogens with zero attached hydrogens (tertiary/aromatic N) is 1. The Morgan fingerprint density at radius 3 is 2.74 bits per heavy atom. The number of carbonyl (C=O) groups excluding carboxylic acids is 1. The van der Waals surface area contributed by atoms with Crippen LogP contribution in [0.4, 0.5) is 11.4 Å². The number of amides is 1. The molecule has 142 valence electrons. The molecule has 2 aromatic carbocycles. The summed E-state index contributed by atoms with van der Waals surface area (Å²) >= 11 is 0. The van der Waals surface area contributed by atoms with Crippen LogP contribution in [-0.4, -0.2) is 45.5 Å². The van der Waals surface area contributed by atoms with E-state index in [9.17, 15) is 4.79 Å². The lowest BCUT2D eigenvalue weighted by atomic mass is 10.2. The third kappa shape index (κ3) is 4.32. The lowest BCUT2D eigenvalue weighted by Gasteiger charge is -2.30. The second-order valence-electron chi connectivity index (χ2n) is 6.46. The summed E-state index contributed by atoms with van der Waals surface area (Å²) in [5.41, 5.74) is 2.90.